The van der Waals surface area contributed by atoms with E-state index in [1.54, 1.807) is 36.4 Å². The van der Waals surface area contributed by atoms with Crippen LogP contribution in [0.2, 0.25) is 5.02 Å². The average Bonchev–Trinajstić information content (AvgIpc) is 3.22. The topological polar surface area (TPSA) is 92.0 Å². The van der Waals surface area contributed by atoms with Gasteiger partial charge in [-0.2, -0.15) is 9.41 Å². The molecule has 1 heterocycles. The first-order valence-corrected chi connectivity index (χ1v) is 10.4. The molecule has 2 aromatic carbocycles. The van der Waals surface area contributed by atoms with Crippen molar-refractivity contribution in [2.24, 2.45) is 5.10 Å². The van der Waals surface area contributed by atoms with E-state index in [9.17, 15) is 13.2 Å². The molecule has 0 aliphatic heterocycles. The molecule has 0 saturated carbocycles. The molecular formula is C20H18ClN3O4S. The average molecular weight is 432 g/mol. The maximum absolute atomic E-state index is 13.1. The highest BCUT2D eigenvalue weighted by Crippen LogP contribution is 2.20. The van der Waals surface area contributed by atoms with Crippen LogP contribution in [0.1, 0.15) is 11.3 Å². The Morgan fingerprint density at radius 1 is 1.07 bits per heavy atom. The van der Waals surface area contributed by atoms with Crippen LogP contribution in [0.3, 0.4) is 0 Å². The summed E-state index contributed by atoms with van der Waals surface area (Å²) >= 11 is 5.86. The third-order valence-corrected chi connectivity index (χ3v) is 5.96. The van der Waals surface area contributed by atoms with Gasteiger partial charge in [0.2, 0.25) is 10.0 Å². The highest BCUT2D eigenvalue weighted by atomic mass is 35.5. The van der Waals surface area contributed by atoms with Crippen molar-refractivity contribution in [2.75, 3.05) is 6.54 Å². The third-order valence-electron chi connectivity index (χ3n) is 3.90. The number of halogens is 1. The van der Waals surface area contributed by atoms with Crippen LogP contribution < -0.4 is 5.43 Å². The van der Waals surface area contributed by atoms with E-state index in [1.165, 1.54) is 36.7 Å². The molecule has 7 nitrogen and oxygen atoms in total. The van der Waals surface area contributed by atoms with E-state index in [2.05, 4.69) is 10.5 Å². The molecule has 9 heteroatoms. The largest absolute Gasteiger partial charge is 0.463 e. The number of furan rings is 1. The zero-order valence-corrected chi connectivity index (χ0v) is 16.8. The lowest BCUT2D eigenvalue weighted by Gasteiger charge is -2.21. The minimum atomic E-state index is -3.94. The lowest BCUT2D eigenvalue weighted by molar-refractivity contribution is -0.121. The minimum Gasteiger partial charge on any atom is -0.463 e. The number of amides is 1. The predicted molar refractivity (Wildman–Crippen MR) is 110 cm³/mol. The quantitative estimate of drug-likeness (QED) is 0.437. The van der Waals surface area contributed by atoms with Gasteiger partial charge in [0.25, 0.3) is 5.91 Å². The first-order chi connectivity index (χ1) is 13.9. The molecular weight excluding hydrogens is 414 g/mol. The van der Waals surface area contributed by atoms with Gasteiger partial charge in [-0.3, -0.25) is 4.79 Å². The molecule has 1 aromatic heterocycles. The standard InChI is InChI=1S/C20H18ClN3O4S/c21-17-8-10-19(11-9-17)29(26,27)24(14-16-5-2-1-3-6-16)15-20(25)23-22-13-18-7-4-12-28-18/h1-13H,14-15H2,(H,23,25)/b22-13-. The van der Waals surface area contributed by atoms with Crippen molar-refractivity contribution >= 4 is 33.7 Å². The Morgan fingerprint density at radius 2 is 1.79 bits per heavy atom. The molecule has 0 atom stereocenters. The van der Waals surface area contributed by atoms with E-state index in [0.717, 1.165) is 9.87 Å². The smallest absolute Gasteiger partial charge is 0.255 e. The van der Waals surface area contributed by atoms with Crippen LogP contribution >= 0.6 is 11.6 Å². The summed E-state index contributed by atoms with van der Waals surface area (Å²) in [6.07, 6.45) is 2.80. The van der Waals surface area contributed by atoms with Crippen molar-refractivity contribution in [3.63, 3.8) is 0 Å². The van der Waals surface area contributed by atoms with Gasteiger partial charge in [0.15, 0.2) is 0 Å². The van der Waals surface area contributed by atoms with Crippen molar-refractivity contribution in [1.29, 1.82) is 0 Å². The van der Waals surface area contributed by atoms with Gasteiger partial charge in [-0.15, -0.1) is 0 Å². The van der Waals surface area contributed by atoms with Gasteiger partial charge in [-0.1, -0.05) is 41.9 Å². The molecule has 3 rings (SSSR count). The second-order valence-corrected chi connectivity index (χ2v) is 8.40. The number of hydrazone groups is 1. The SMILES string of the molecule is O=C(CN(Cc1ccccc1)S(=O)(=O)c1ccc(Cl)cc1)N/N=C\c1ccco1. The molecule has 0 saturated heterocycles. The van der Waals surface area contributed by atoms with Crippen LogP contribution in [-0.4, -0.2) is 31.4 Å². The number of carbonyl (C=O) groups excluding carboxylic acids is 1. The summed E-state index contributed by atoms with van der Waals surface area (Å²) in [5.74, 6) is -0.124. The molecule has 0 bridgehead atoms. The fourth-order valence-electron chi connectivity index (χ4n) is 2.50. The Morgan fingerprint density at radius 3 is 2.45 bits per heavy atom. The molecule has 3 aromatic rings. The van der Waals surface area contributed by atoms with Gasteiger partial charge < -0.3 is 4.42 Å². The van der Waals surface area contributed by atoms with Crippen molar-refractivity contribution in [3.8, 4) is 0 Å². The Bertz CT molecular complexity index is 1070. The number of nitrogens with zero attached hydrogens (tertiary/aromatic N) is 2. The second kappa shape index (κ2) is 9.51. The monoisotopic (exact) mass is 431 g/mol. The van der Waals surface area contributed by atoms with Crippen molar-refractivity contribution < 1.29 is 17.6 Å². The third kappa shape index (κ3) is 5.77. The van der Waals surface area contributed by atoms with E-state index in [1.807, 2.05) is 6.07 Å². The molecule has 29 heavy (non-hydrogen) atoms. The van der Waals surface area contributed by atoms with Crippen LogP contribution in [0.4, 0.5) is 0 Å². The van der Waals surface area contributed by atoms with Gasteiger partial charge in [-0.05, 0) is 42.0 Å². The van der Waals surface area contributed by atoms with Crippen LogP contribution in [0.5, 0.6) is 0 Å². The molecule has 0 unspecified atom stereocenters. The van der Waals surface area contributed by atoms with Gasteiger partial charge >= 0.3 is 0 Å². The maximum Gasteiger partial charge on any atom is 0.255 e. The number of nitrogens with one attached hydrogen (secondary N) is 1. The number of rotatable bonds is 8. The molecule has 0 aliphatic rings. The molecule has 0 aliphatic carbocycles. The molecule has 1 amide bonds. The molecule has 0 spiro atoms. The number of hydrogen-bond donors (Lipinski definition) is 1. The summed E-state index contributed by atoms with van der Waals surface area (Å²) in [7, 11) is -3.94. The number of benzene rings is 2. The summed E-state index contributed by atoms with van der Waals surface area (Å²) in [5, 5.41) is 4.20. The Hall–Kier alpha value is -2.94. The Kier molecular flexibility index (Phi) is 6.82. The number of carbonyl (C=O) groups is 1. The molecule has 1 N–H and O–H groups in total. The number of hydrogen-bond acceptors (Lipinski definition) is 5. The van der Waals surface area contributed by atoms with Crippen LogP contribution in [0.15, 0.2) is 87.4 Å². The van der Waals surface area contributed by atoms with E-state index in [0.29, 0.717) is 10.8 Å². The lowest BCUT2D eigenvalue weighted by atomic mass is 10.2. The van der Waals surface area contributed by atoms with Crippen molar-refractivity contribution in [1.82, 2.24) is 9.73 Å². The van der Waals surface area contributed by atoms with E-state index >= 15 is 0 Å². The van der Waals surface area contributed by atoms with Gasteiger partial charge in [-0.25, -0.2) is 13.8 Å². The molecule has 0 radical (unpaired) electrons. The van der Waals surface area contributed by atoms with Crippen molar-refractivity contribution in [2.45, 2.75) is 11.4 Å². The summed E-state index contributed by atoms with van der Waals surface area (Å²) in [5.41, 5.74) is 3.06. The van der Waals surface area contributed by atoms with E-state index < -0.39 is 22.5 Å². The predicted octanol–water partition coefficient (Wildman–Crippen LogP) is 3.27. The van der Waals surface area contributed by atoms with Crippen molar-refractivity contribution in [3.05, 3.63) is 89.3 Å². The highest BCUT2D eigenvalue weighted by Gasteiger charge is 2.26. The molecule has 150 valence electrons. The Balaban J connectivity index is 1.78. The van der Waals surface area contributed by atoms with Gasteiger partial charge in [0, 0.05) is 11.6 Å². The fraction of sp³-hybridized carbons (Fsp3) is 0.100. The van der Waals surface area contributed by atoms with E-state index in [4.69, 9.17) is 16.0 Å². The van der Waals surface area contributed by atoms with Gasteiger partial charge in [0.05, 0.1) is 23.9 Å². The summed E-state index contributed by atoms with van der Waals surface area (Å²) in [6, 6.07) is 18.2. The summed E-state index contributed by atoms with van der Waals surface area (Å²) < 4.78 is 32.4. The zero-order valence-electron chi connectivity index (χ0n) is 15.2. The lowest BCUT2D eigenvalue weighted by Crippen LogP contribution is -2.39. The van der Waals surface area contributed by atoms with E-state index in [-0.39, 0.29) is 11.4 Å². The normalized spacial score (nSPS) is 11.8. The first-order valence-electron chi connectivity index (χ1n) is 8.60. The minimum absolute atomic E-state index is 0.0289. The highest BCUT2D eigenvalue weighted by molar-refractivity contribution is 7.89. The summed E-state index contributed by atoms with van der Waals surface area (Å²) in [6.45, 7) is -0.379. The van der Waals surface area contributed by atoms with Crippen LogP contribution in [0, 0.1) is 0 Å². The maximum atomic E-state index is 13.1. The van der Waals surface area contributed by atoms with Crippen LogP contribution in [-0.2, 0) is 21.4 Å². The molecule has 0 fully saturated rings. The second-order valence-electron chi connectivity index (χ2n) is 6.02. The fourth-order valence-corrected chi connectivity index (χ4v) is 4.01. The zero-order chi connectivity index (χ0) is 20.7. The Labute approximate surface area is 173 Å². The first kappa shape index (κ1) is 20.8. The summed E-state index contributed by atoms with van der Waals surface area (Å²) in [4.78, 5) is 12.4. The van der Waals surface area contributed by atoms with Gasteiger partial charge in [0.1, 0.15) is 5.76 Å². The number of sulfonamides is 1. The van der Waals surface area contributed by atoms with Crippen LogP contribution in [0.25, 0.3) is 0 Å².